The summed E-state index contributed by atoms with van der Waals surface area (Å²) in [5, 5.41) is 14.2. The molecule has 5 aromatic rings. The first-order chi connectivity index (χ1) is 16.8. The number of nitrogens with zero attached hydrogens (tertiary/aromatic N) is 4. The fraction of sp³-hybridized carbons (Fsp3) is 0.143. The summed E-state index contributed by atoms with van der Waals surface area (Å²) in [5.74, 6) is 0.779. The van der Waals surface area contributed by atoms with Crippen LogP contribution in [0.2, 0.25) is 10.0 Å². The number of hydrogen-bond acceptors (Lipinski definition) is 4. The Morgan fingerprint density at radius 1 is 0.914 bits per heavy atom. The topological polar surface area (TPSA) is 54.2 Å². The maximum absolute atomic E-state index is 12.3. The molecule has 0 saturated heterocycles. The van der Waals surface area contributed by atoms with E-state index in [1.807, 2.05) is 91.3 Å². The second kappa shape index (κ2) is 9.00. The Kier molecular flexibility index (Phi) is 6.01. The molecule has 2 aromatic heterocycles. The van der Waals surface area contributed by atoms with Gasteiger partial charge in [0.05, 0.1) is 28.8 Å². The van der Waals surface area contributed by atoms with Crippen LogP contribution in [0.3, 0.4) is 0 Å². The zero-order valence-corrected chi connectivity index (χ0v) is 21.1. The third-order valence-electron chi connectivity index (χ3n) is 6.26. The largest absolute Gasteiger partial charge is 0.374 e. The highest BCUT2D eigenvalue weighted by molar-refractivity contribution is 6.39. The third kappa shape index (κ3) is 3.96. The molecule has 1 unspecified atom stereocenters. The smallest absolute Gasteiger partial charge is 0.156 e. The molecule has 3 aromatic carbocycles. The van der Waals surface area contributed by atoms with Crippen LogP contribution >= 0.6 is 23.2 Å². The summed E-state index contributed by atoms with van der Waals surface area (Å²) in [5.41, 5.74) is 3.01. The fourth-order valence-electron chi connectivity index (χ4n) is 4.48. The second-order valence-electron chi connectivity index (χ2n) is 8.72. The molecular weight excluding hydrogens is 479 g/mol. The minimum atomic E-state index is -1.49. The maximum Gasteiger partial charge on any atom is 0.156 e. The van der Waals surface area contributed by atoms with E-state index in [0.717, 1.165) is 27.8 Å². The Morgan fingerprint density at radius 2 is 1.60 bits per heavy atom. The van der Waals surface area contributed by atoms with E-state index in [1.165, 1.54) is 0 Å². The fourth-order valence-corrected chi connectivity index (χ4v) is 4.95. The molecule has 5 rings (SSSR count). The van der Waals surface area contributed by atoms with Crippen LogP contribution in [0.4, 0.5) is 5.82 Å². The molecule has 5 nitrogen and oxygen atoms in total. The monoisotopic (exact) mass is 502 g/mol. The molecular formula is C28H24Cl2N4O. The van der Waals surface area contributed by atoms with Gasteiger partial charge in [-0.15, -0.1) is 0 Å². The standard InChI is InChI=1S/C28H24Cl2N4O/c1-33(2)27-25(18-7-5-4-6-8-18)26(30)22-15-20(11-14-23(22)32-27)28(35,24-16-31-17-34(24)3)19-9-12-21(29)13-10-19/h4-17,35H,1-3H3. The molecule has 1 atom stereocenters. The predicted octanol–water partition coefficient (Wildman–Crippen LogP) is 6.29. The number of benzene rings is 3. The molecule has 0 amide bonds. The van der Waals surface area contributed by atoms with Gasteiger partial charge < -0.3 is 14.6 Å². The van der Waals surface area contributed by atoms with Gasteiger partial charge >= 0.3 is 0 Å². The summed E-state index contributed by atoms with van der Waals surface area (Å²) in [7, 11) is 5.76. The molecule has 2 heterocycles. The van der Waals surface area contributed by atoms with Gasteiger partial charge in [-0.05, 0) is 41.0 Å². The first kappa shape index (κ1) is 23.4. The Morgan fingerprint density at radius 3 is 2.23 bits per heavy atom. The van der Waals surface area contributed by atoms with Crippen molar-refractivity contribution in [2.75, 3.05) is 19.0 Å². The molecule has 0 bridgehead atoms. The van der Waals surface area contributed by atoms with Crippen LogP contribution in [0.5, 0.6) is 0 Å². The van der Waals surface area contributed by atoms with Crippen molar-refractivity contribution >= 4 is 39.9 Å². The average molecular weight is 503 g/mol. The predicted molar refractivity (Wildman–Crippen MR) is 143 cm³/mol. The maximum atomic E-state index is 12.3. The van der Waals surface area contributed by atoms with Crippen LogP contribution in [0.25, 0.3) is 22.0 Å². The highest BCUT2D eigenvalue weighted by atomic mass is 35.5. The molecule has 0 aliphatic rings. The normalized spacial score (nSPS) is 13.1. The molecule has 35 heavy (non-hydrogen) atoms. The second-order valence-corrected chi connectivity index (χ2v) is 9.54. The van der Waals surface area contributed by atoms with E-state index in [-0.39, 0.29) is 0 Å². The van der Waals surface area contributed by atoms with Crippen LogP contribution < -0.4 is 4.90 Å². The molecule has 0 saturated carbocycles. The minimum absolute atomic E-state index is 0.579. The minimum Gasteiger partial charge on any atom is -0.374 e. The van der Waals surface area contributed by atoms with Crippen LogP contribution in [0.1, 0.15) is 16.8 Å². The lowest BCUT2D eigenvalue weighted by Crippen LogP contribution is -2.31. The van der Waals surface area contributed by atoms with Gasteiger partial charge in [-0.25, -0.2) is 9.97 Å². The number of anilines is 1. The van der Waals surface area contributed by atoms with E-state index < -0.39 is 5.60 Å². The van der Waals surface area contributed by atoms with E-state index >= 15 is 0 Å². The van der Waals surface area contributed by atoms with Gasteiger partial charge in [0.15, 0.2) is 5.60 Å². The first-order valence-electron chi connectivity index (χ1n) is 11.1. The van der Waals surface area contributed by atoms with Crippen molar-refractivity contribution in [2.24, 2.45) is 7.05 Å². The SMILES string of the molecule is CN(C)c1nc2ccc(C(O)(c3ccc(Cl)cc3)c3cncn3C)cc2c(Cl)c1-c1ccccc1. The highest BCUT2D eigenvalue weighted by Gasteiger charge is 2.37. The number of pyridine rings is 1. The summed E-state index contributed by atoms with van der Waals surface area (Å²) in [6.07, 6.45) is 3.34. The van der Waals surface area contributed by atoms with Gasteiger partial charge in [-0.1, -0.05) is 71.7 Å². The number of aromatic nitrogens is 3. The van der Waals surface area contributed by atoms with Crippen molar-refractivity contribution in [3.05, 3.63) is 112 Å². The van der Waals surface area contributed by atoms with E-state index in [1.54, 1.807) is 24.7 Å². The highest BCUT2D eigenvalue weighted by Crippen LogP contribution is 2.43. The van der Waals surface area contributed by atoms with Crippen molar-refractivity contribution in [1.29, 1.82) is 0 Å². The van der Waals surface area contributed by atoms with Crippen LogP contribution in [-0.2, 0) is 12.6 Å². The van der Waals surface area contributed by atoms with Crippen LogP contribution in [-0.4, -0.2) is 33.7 Å². The summed E-state index contributed by atoms with van der Waals surface area (Å²) < 4.78 is 1.81. The lowest BCUT2D eigenvalue weighted by Gasteiger charge is -2.30. The summed E-state index contributed by atoms with van der Waals surface area (Å²) in [4.78, 5) is 11.1. The van der Waals surface area contributed by atoms with Crippen molar-refractivity contribution in [2.45, 2.75) is 5.60 Å². The summed E-state index contributed by atoms with van der Waals surface area (Å²) >= 11 is 13.2. The number of imidazole rings is 1. The Labute approximate surface area is 214 Å². The zero-order valence-electron chi connectivity index (χ0n) is 19.6. The van der Waals surface area contributed by atoms with Gasteiger partial charge in [0.25, 0.3) is 0 Å². The molecule has 0 radical (unpaired) electrons. The summed E-state index contributed by atoms with van der Waals surface area (Å²) in [6.45, 7) is 0. The Bertz CT molecular complexity index is 1510. The number of fused-ring (bicyclic) bond motifs is 1. The molecule has 7 heteroatoms. The van der Waals surface area contributed by atoms with E-state index in [4.69, 9.17) is 28.2 Å². The molecule has 0 aliphatic heterocycles. The Balaban J connectivity index is 1.80. The molecule has 0 fully saturated rings. The number of rotatable bonds is 5. The van der Waals surface area contributed by atoms with Crippen molar-refractivity contribution < 1.29 is 5.11 Å². The summed E-state index contributed by atoms with van der Waals surface area (Å²) in [6, 6.07) is 22.8. The van der Waals surface area contributed by atoms with Crippen molar-refractivity contribution in [3.8, 4) is 11.1 Å². The van der Waals surface area contributed by atoms with Gasteiger partial charge in [-0.3, -0.25) is 0 Å². The van der Waals surface area contributed by atoms with E-state index in [2.05, 4.69) is 4.98 Å². The lowest BCUT2D eigenvalue weighted by atomic mass is 9.83. The van der Waals surface area contributed by atoms with Crippen LogP contribution in [0.15, 0.2) is 85.3 Å². The first-order valence-corrected chi connectivity index (χ1v) is 11.9. The molecule has 0 aliphatic carbocycles. The average Bonchev–Trinajstić information content (AvgIpc) is 3.30. The number of hydrogen-bond donors (Lipinski definition) is 1. The van der Waals surface area contributed by atoms with Gasteiger partial charge in [0.1, 0.15) is 5.82 Å². The number of aliphatic hydroxyl groups is 1. The number of halogens is 2. The van der Waals surface area contributed by atoms with Crippen molar-refractivity contribution in [1.82, 2.24) is 14.5 Å². The molecule has 0 spiro atoms. The van der Waals surface area contributed by atoms with E-state index in [0.29, 0.717) is 26.9 Å². The van der Waals surface area contributed by atoms with Crippen molar-refractivity contribution in [3.63, 3.8) is 0 Å². The zero-order chi connectivity index (χ0) is 24.7. The van der Waals surface area contributed by atoms with E-state index in [9.17, 15) is 5.11 Å². The quantitative estimate of drug-likeness (QED) is 0.306. The Hall–Kier alpha value is -3.38. The van der Waals surface area contributed by atoms with Crippen LogP contribution in [0, 0.1) is 0 Å². The molecule has 176 valence electrons. The lowest BCUT2D eigenvalue weighted by molar-refractivity contribution is 0.117. The number of aryl methyl sites for hydroxylation is 1. The third-order valence-corrected chi connectivity index (χ3v) is 6.90. The van der Waals surface area contributed by atoms with Gasteiger partial charge in [0, 0.05) is 37.1 Å². The van der Waals surface area contributed by atoms with Gasteiger partial charge in [0.2, 0.25) is 0 Å². The van der Waals surface area contributed by atoms with Gasteiger partial charge in [-0.2, -0.15) is 0 Å². The molecule has 1 N–H and O–H groups in total.